The molecule has 0 aliphatic heterocycles. The van der Waals surface area contributed by atoms with E-state index in [1.165, 1.54) is 4.57 Å². The first-order valence-corrected chi connectivity index (χ1v) is 11.3. The molecule has 2 aromatic heterocycles. The van der Waals surface area contributed by atoms with E-state index in [1.807, 2.05) is 36.1 Å². The predicted molar refractivity (Wildman–Crippen MR) is 130 cm³/mol. The van der Waals surface area contributed by atoms with Gasteiger partial charge < -0.3 is 19.8 Å². The zero-order chi connectivity index (χ0) is 24.0. The molecule has 0 spiro atoms. The smallest absolute Gasteiger partial charge is 0.330 e. The van der Waals surface area contributed by atoms with Crippen molar-refractivity contribution >= 4 is 11.5 Å². The first kappa shape index (κ1) is 24.2. The Morgan fingerprint density at radius 3 is 2.61 bits per heavy atom. The Morgan fingerprint density at radius 2 is 1.97 bits per heavy atom. The Hall–Kier alpha value is -3.49. The van der Waals surface area contributed by atoms with Crippen LogP contribution in [0.5, 0.6) is 5.75 Å². The van der Waals surface area contributed by atoms with Crippen molar-refractivity contribution in [2.75, 3.05) is 24.3 Å². The van der Waals surface area contributed by atoms with Crippen LogP contribution in [-0.4, -0.2) is 28.2 Å². The van der Waals surface area contributed by atoms with Gasteiger partial charge in [0.15, 0.2) is 5.76 Å². The molecule has 0 amide bonds. The number of anilines is 2. The highest BCUT2D eigenvalue weighted by molar-refractivity contribution is 5.62. The summed E-state index contributed by atoms with van der Waals surface area (Å²) in [5, 5.41) is 0. The minimum atomic E-state index is -0.504. The minimum absolute atomic E-state index is 0.169. The molecule has 0 bridgehead atoms. The summed E-state index contributed by atoms with van der Waals surface area (Å²) in [4.78, 5) is 33.8. The number of benzene rings is 1. The summed E-state index contributed by atoms with van der Waals surface area (Å²) in [7, 11) is 1.62. The molecule has 3 rings (SSSR count). The monoisotopic (exact) mass is 455 g/mol. The first-order chi connectivity index (χ1) is 15.8. The number of aromatic amines is 1. The van der Waals surface area contributed by atoms with Gasteiger partial charge in [-0.3, -0.25) is 14.3 Å². The minimum Gasteiger partial charge on any atom is -0.497 e. The van der Waals surface area contributed by atoms with Crippen LogP contribution in [0.4, 0.5) is 11.5 Å². The third kappa shape index (κ3) is 5.85. The fourth-order valence-corrected chi connectivity index (χ4v) is 3.54. The number of oxazole rings is 1. The Labute approximate surface area is 193 Å². The molecule has 0 saturated heterocycles. The quantitative estimate of drug-likeness (QED) is 0.453. The SMILES string of the molecule is CCCCn1c(N)c(N(CCC(C)C)Cc2ncc(-c3ccc(OC)cc3)o2)c(=O)[nH]c1=O. The van der Waals surface area contributed by atoms with E-state index in [0.717, 1.165) is 30.6 Å². The predicted octanol–water partition coefficient (Wildman–Crippen LogP) is 3.64. The van der Waals surface area contributed by atoms with E-state index in [9.17, 15) is 9.59 Å². The molecule has 178 valence electrons. The van der Waals surface area contributed by atoms with Crippen molar-refractivity contribution in [3.63, 3.8) is 0 Å². The molecule has 9 heteroatoms. The molecule has 0 unspecified atom stereocenters. The first-order valence-electron chi connectivity index (χ1n) is 11.3. The molecule has 0 fully saturated rings. The Kier molecular flexibility index (Phi) is 7.97. The van der Waals surface area contributed by atoms with Gasteiger partial charge in [-0.1, -0.05) is 27.2 Å². The summed E-state index contributed by atoms with van der Waals surface area (Å²) in [6, 6.07) is 7.50. The lowest BCUT2D eigenvalue weighted by atomic mass is 10.1. The van der Waals surface area contributed by atoms with Gasteiger partial charge in [-0.15, -0.1) is 0 Å². The van der Waals surface area contributed by atoms with Gasteiger partial charge in [-0.05, 0) is 43.0 Å². The number of ether oxygens (including phenoxy) is 1. The van der Waals surface area contributed by atoms with E-state index in [-0.39, 0.29) is 18.1 Å². The van der Waals surface area contributed by atoms with Gasteiger partial charge in [0.25, 0.3) is 5.56 Å². The van der Waals surface area contributed by atoms with E-state index >= 15 is 0 Å². The molecular formula is C24H33N5O4. The van der Waals surface area contributed by atoms with Crippen LogP contribution in [0, 0.1) is 5.92 Å². The zero-order valence-electron chi connectivity index (χ0n) is 19.8. The van der Waals surface area contributed by atoms with Gasteiger partial charge in [0.2, 0.25) is 5.89 Å². The van der Waals surface area contributed by atoms with E-state index in [0.29, 0.717) is 30.7 Å². The van der Waals surface area contributed by atoms with E-state index in [4.69, 9.17) is 14.9 Å². The van der Waals surface area contributed by atoms with Gasteiger partial charge in [0.05, 0.1) is 19.9 Å². The number of unbranched alkanes of at least 4 members (excludes halogenated alkanes) is 1. The van der Waals surface area contributed by atoms with Crippen LogP contribution in [-0.2, 0) is 13.1 Å². The van der Waals surface area contributed by atoms with Crippen molar-refractivity contribution in [1.82, 2.24) is 14.5 Å². The number of nitrogens with one attached hydrogen (secondary N) is 1. The molecule has 2 heterocycles. The normalized spacial score (nSPS) is 11.2. The van der Waals surface area contributed by atoms with E-state index in [1.54, 1.807) is 13.3 Å². The largest absolute Gasteiger partial charge is 0.497 e. The molecule has 0 atom stereocenters. The third-order valence-corrected chi connectivity index (χ3v) is 5.50. The summed E-state index contributed by atoms with van der Waals surface area (Å²) < 4.78 is 12.6. The number of methoxy groups -OCH3 is 1. The van der Waals surface area contributed by atoms with Gasteiger partial charge in [0.1, 0.15) is 17.3 Å². The lowest BCUT2D eigenvalue weighted by Crippen LogP contribution is -2.39. The maximum Gasteiger partial charge on any atom is 0.330 e. The maximum atomic E-state index is 12.8. The molecule has 3 aromatic rings. The molecule has 9 nitrogen and oxygen atoms in total. The second-order valence-corrected chi connectivity index (χ2v) is 8.45. The van der Waals surface area contributed by atoms with Crippen LogP contribution in [0.1, 0.15) is 45.9 Å². The van der Waals surface area contributed by atoms with Crippen LogP contribution in [0.2, 0.25) is 0 Å². The van der Waals surface area contributed by atoms with Crippen LogP contribution in [0.15, 0.2) is 44.5 Å². The number of nitrogens with two attached hydrogens (primary N) is 1. The molecule has 0 saturated carbocycles. The van der Waals surface area contributed by atoms with E-state index < -0.39 is 11.2 Å². The maximum absolute atomic E-state index is 12.8. The summed E-state index contributed by atoms with van der Waals surface area (Å²) in [5.41, 5.74) is 6.50. The van der Waals surface area contributed by atoms with Crippen molar-refractivity contribution in [3.05, 3.63) is 57.2 Å². The van der Waals surface area contributed by atoms with Crippen molar-refractivity contribution in [2.24, 2.45) is 5.92 Å². The fraction of sp³-hybridized carbons (Fsp3) is 0.458. The molecular weight excluding hydrogens is 422 g/mol. The topological polar surface area (TPSA) is 119 Å². The highest BCUT2D eigenvalue weighted by Gasteiger charge is 2.21. The number of hydrogen-bond donors (Lipinski definition) is 2. The summed E-state index contributed by atoms with van der Waals surface area (Å²) in [6.07, 6.45) is 4.18. The number of hydrogen-bond acceptors (Lipinski definition) is 7. The number of rotatable bonds is 11. The lowest BCUT2D eigenvalue weighted by Gasteiger charge is -2.25. The highest BCUT2D eigenvalue weighted by atomic mass is 16.5. The zero-order valence-corrected chi connectivity index (χ0v) is 19.8. The number of nitrogen functional groups attached to an aromatic ring is 1. The van der Waals surface area contributed by atoms with Crippen LogP contribution in [0.3, 0.4) is 0 Å². The van der Waals surface area contributed by atoms with Crippen LogP contribution in [0.25, 0.3) is 11.3 Å². The molecule has 1 aromatic carbocycles. The van der Waals surface area contributed by atoms with Crippen LogP contribution >= 0.6 is 0 Å². The van der Waals surface area contributed by atoms with Gasteiger partial charge >= 0.3 is 5.69 Å². The molecule has 0 aliphatic carbocycles. The van der Waals surface area contributed by atoms with Crippen molar-refractivity contribution in [2.45, 2.75) is 53.1 Å². The third-order valence-electron chi connectivity index (χ3n) is 5.50. The second-order valence-electron chi connectivity index (χ2n) is 8.45. The lowest BCUT2D eigenvalue weighted by molar-refractivity contribution is 0.415. The van der Waals surface area contributed by atoms with Crippen LogP contribution < -0.4 is 26.6 Å². The number of aromatic nitrogens is 3. The highest BCUT2D eigenvalue weighted by Crippen LogP contribution is 2.25. The van der Waals surface area contributed by atoms with Crippen molar-refractivity contribution in [3.8, 4) is 17.1 Å². The summed E-state index contributed by atoms with van der Waals surface area (Å²) in [6.45, 7) is 7.52. The van der Waals surface area contributed by atoms with Gasteiger partial charge in [-0.2, -0.15) is 0 Å². The Balaban J connectivity index is 1.93. The Bertz CT molecular complexity index is 1160. The average molecular weight is 456 g/mol. The fourth-order valence-electron chi connectivity index (χ4n) is 3.54. The second kappa shape index (κ2) is 10.9. The van der Waals surface area contributed by atoms with Gasteiger partial charge in [0, 0.05) is 18.7 Å². The van der Waals surface area contributed by atoms with Gasteiger partial charge in [-0.25, -0.2) is 9.78 Å². The molecule has 0 radical (unpaired) electrons. The molecule has 3 N–H and O–H groups in total. The van der Waals surface area contributed by atoms with Crippen molar-refractivity contribution < 1.29 is 9.15 Å². The number of H-pyrrole nitrogens is 1. The number of nitrogens with zero attached hydrogens (tertiary/aromatic N) is 3. The summed E-state index contributed by atoms with van der Waals surface area (Å²) in [5.74, 6) is 2.41. The van der Waals surface area contributed by atoms with E-state index in [2.05, 4.69) is 23.8 Å². The summed E-state index contributed by atoms with van der Waals surface area (Å²) >= 11 is 0. The van der Waals surface area contributed by atoms with Crippen molar-refractivity contribution in [1.29, 1.82) is 0 Å². The Morgan fingerprint density at radius 1 is 1.24 bits per heavy atom. The molecule has 33 heavy (non-hydrogen) atoms. The standard InChI is InChI=1S/C24H33N5O4/c1-5-6-12-29-22(25)21(23(30)27-24(29)31)28(13-11-16(2)3)15-20-26-14-19(33-20)17-7-9-18(32-4)10-8-17/h7-10,14,16H,5-6,11-13,15,25H2,1-4H3,(H,27,30,31). The average Bonchev–Trinajstić information content (AvgIpc) is 3.25. The molecule has 0 aliphatic rings.